The summed E-state index contributed by atoms with van der Waals surface area (Å²) in [5.74, 6) is -0.824. The molecule has 0 atom stereocenters. The van der Waals surface area contributed by atoms with Gasteiger partial charge in [-0.1, -0.05) is 42.5 Å². The number of phenols is 1. The third-order valence-electron chi connectivity index (χ3n) is 3.30. The molecule has 0 spiro atoms. The lowest BCUT2D eigenvalue weighted by Crippen LogP contribution is -2.21. The molecule has 1 amide bonds. The number of para-hydroxylation sites is 1. The molecule has 0 aliphatic carbocycles. The Morgan fingerprint density at radius 3 is 2.19 bits per heavy atom. The minimum atomic E-state index is -3.74. The van der Waals surface area contributed by atoms with Crippen LogP contribution in [0.1, 0.15) is 29.8 Å². The van der Waals surface area contributed by atoms with Gasteiger partial charge in [0.15, 0.2) is 5.45 Å². The van der Waals surface area contributed by atoms with Crippen molar-refractivity contribution >= 4 is 19.0 Å². The lowest BCUT2D eigenvalue weighted by Gasteiger charge is -2.19. The van der Waals surface area contributed by atoms with Crippen molar-refractivity contribution in [2.45, 2.75) is 13.8 Å². The molecule has 0 unspecified atom stereocenters. The minimum absolute atomic E-state index is 0.00873. The van der Waals surface area contributed by atoms with Crippen LogP contribution in [0.4, 0.5) is 0 Å². The topological polar surface area (TPSA) is 97.2 Å². The average Bonchev–Trinajstić information content (AvgIpc) is 2.63. The molecule has 0 aromatic heterocycles. The first-order valence-corrected chi connectivity index (χ1v) is 9.67. The van der Waals surface area contributed by atoms with Gasteiger partial charge in [0.05, 0.1) is 18.8 Å². The zero-order chi connectivity index (χ0) is 19.0. The predicted molar refractivity (Wildman–Crippen MR) is 99.4 cm³/mol. The van der Waals surface area contributed by atoms with Gasteiger partial charge in [0, 0.05) is 5.56 Å². The van der Waals surface area contributed by atoms with Gasteiger partial charge >= 0.3 is 7.60 Å². The van der Waals surface area contributed by atoms with Gasteiger partial charge < -0.3 is 14.2 Å². The number of nitrogens with zero attached hydrogens (tertiary/aromatic N) is 1. The molecule has 7 nitrogen and oxygen atoms in total. The van der Waals surface area contributed by atoms with Gasteiger partial charge in [-0.2, -0.15) is 5.10 Å². The molecule has 2 rings (SSSR count). The number of aromatic hydroxyl groups is 1. The van der Waals surface area contributed by atoms with E-state index in [1.54, 1.807) is 56.3 Å². The highest BCUT2D eigenvalue weighted by molar-refractivity contribution is 7.73. The Morgan fingerprint density at radius 2 is 1.62 bits per heavy atom. The number of rotatable bonds is 8. The summed E-state index contributed by atoms with van der Waals surface area (Å²) in [6.07, 6.45) is 0. The van der Waals surface area contributed by atoms with Crippen LogP contribution in [0.5, 0.6) is 5.75 Å². The normalized spacial score (nSPS) is 12.0. The second-order valence-electron chi connectivity index (χ2n) is 5.09. The minimum Gasteiger partial charge on any atom is -0.507 e. The van der Waals surface area contributed by atoms with Gasteiger partial charge in [-0.15, -0.1) is 0 Å². The summed E-state index contributed by atoms with van der Waals surface area (Å²) in [5.41, 5.74) is 2.85. The molecule has 0 bridgehead atoms. The van der Waals surface area contributed by atoms with Gasteiger partial charge in [0.2, 0.25) is 0 Å². The van der Waals surface area contributed by atoms with Crippen LogP contribution in [0.25, 0.3) is 0 Å². The summed E-state index contributed by atoms with van der Waals surface area (Å²) >= 11 is 0. The standard InChI is InChI=1S/C18H21N2O5P/c1-3-24-26(23,25-4-2)18(14-10-6-5-7-11-14)20-19-17(22)15-12-8-9-13-16(15)21/h5-13,21H,3-4H2,1-2H3,(H,19,22)/b20-18+. The first-order valence-electron chi connectivity index (χ1n) is 8.13. The Labute approximate surface area is 152 Å². The number of amides is 1. The number of nitrogens with one attached hydrogen (secondary N) is 1. The van der Waals surface area contributed by atoms with Crippen molar-refractivity contribution in [2.75, 3.05) is 13.2 Å². The molecule has 0 radical (unpaired) electrons. The summed E-state index contributed by atoms with van der Waals surface area (Å²) < 4.78 is 23.9. The van der Waals surface area contributed by atoms with E-state index in [-0.39, 0.29) is 30.0 Å². The molecule has 138 valence electrons. The van der Waals surface area contributed by atoms with E-state index in [0.717, 1.165) is 0 Å². The molecule has 26 heavy (non-hydrogen) atoms. The van der Waals surface area contributed by atoms with Gasteiger partial charge in [-0.05, 0) is 26.0 Å². The summed E-state index contributed by atoms with van der Waals surface area (Å²) in [4.78, 5) is 12.3. The third-order valence-corrected chi connectivity index (χ3v) is 5.37. The summed E-state index contributed by atoms with van der Waals surface area (Å²) in [5, 5.41) is 13.8. The van der Waals surface area contributed by atoms with Crippen molar-refractivity contribution in [3.8, 4) is 5.75 Å². The summed E-state index contributed by atoms with van der Waals surface area (Å²) in [6.45, 7) is 3.68. The molecular weight excluding hydrogens is 355 g/mol. The quantitative estimate of drug-likeness (QED) is 0.415. The van der Waals surface area contributed by atoms with Gasteiger partial charge in [0.25, 0.3) is 5.91 Å². The van der Waals surface area contributed by atoms with Crippen LogP contribution in [0.3, 0.4) is 0 Å². The second kappa shape index (κ2) is 9.29. The van der Waals surface area contributed by atoms with Crippen molar-refractivity contribution in [1.29, 1.82) is 0 Å². The fraction of sp³-hybridized carbons (Fsp3) is 0.222. The number of hydrazone groups is 1. The van der Waals surface area contributed by atoms with Crippen molar-refractivity contribution in [3.63, 3.8) is 0 Å². The SMILES string of the molecule is CCOP(=O)(OCC)/C(=N/NC(=O)c1ccccc1O)c1ccccc1. The number of phenolic OH excluding ortho intramolecular Hbond substituents is 1. The molecule has 0 fully saturated rings. The average molecular weight is 376 g/mol. The smallest absolute Gasteiger partial charge is 0.381 e. The molecule has 2 aromatic carbocycles. The Bertz CT molecular complexity index is 813. The first-order chi connectivity index (χ1) is 12.5. The Morgan fingerprint density at radius 1 is 1.04 bits per heavy atom. The second-order valence-corrected chi connectivity index (χ2v) is 7.03. The van der Waals surface area contributed by atoms with Crippen molar-refractivity contribution < 1.29 is 23.5 Å². The van der Waals surface area contributed by atoms with E-state index in [2.05, 4.69) is 10.5 Å². The van der Waals surface area contributed by atoms with Gasteiger partial charge in [0.1, 0.15) is 5.75 Å². The molecule has 0 aliphatic rings. The van der Waals surface area contributed by atoms with Crippen molar-refractivity contribution in [2.24, 2.45) is 5.10 Å². The van der Waals surface area contributed by atoms with Gasteiger partial charge in [-0.25, -0.2) is 5.43 Å². The van der Waals surface area contributed by atoms with E-state index >= 15 is 0 Å². The highest BCUT2D eigenvalue weighted by atomic mass is 31.2. The lowest BCUT2D eigenvalue weighted by molar-refractivity contribution is 0.0952. The van der Waals surface area contributed by atoms with Crippen LogP contribution < -0.4 is 5.43 Å². The molecule has 0 saturated carbocycles. The monoisotopic (exact) mass is 376 g/mol. The van der Waals surface area contributed by atoms with Crippen LogP contribution >= 0.6 is 7.60 Å². The van der Waals surface area contributed by atoms with E-state index in [1.165, 1.54) is 12.1 Å². The van der Waals surface area contributed by atoms with Crippen LogP contribution in [-0.4, -0.2) is 29.7 Å². The maximum atomic E-state index is 13.2. The Balaban J connectivity index is 2.40. The molecular formula is C18H21N2O5P. The Hall–Kier alpha value is -2.47. The fourth-order valence-corrected chi connectivity index (χ4v) is 3.84. The zero-order valence-corrected chi connectivity index (χ0v) is 15.5. The maximum Gasteiger partial charge on any atom is 0.381 e. The number of carbonyl (C=O) groups excluding carboxylic acids is 1. The molecule has 0 aliphatic heterocycles. The highest BCUT2D eigenvalue weighted by Gasteiger charge is 2.33. The maximum absolute atomic E-state index is 13.2. The zero-order valence-electron chi connectivity index (χ0n) is 14.6. The van der Waals surface area contributed by atoms with E-state index in [0.29, 0.717) is 5.56 Å². The number of benzene rings is 2. The fourth-order valence-electron chi connectivity index (χ4n) is 2.20. The van der Waals surface area contributed by atoms with Crippen molar-refractivity contribution in [1.82, 2.24) is 5.43 Å². The lowest BCUT2D eigenvalue weighted by atomic mass is 10.2. The van der Waals surface area contributed by atoms with E-state index < -0.39 is 13.5 Å². The third kappa shape index (κ3) is 4.79. The van der Waals surface area contributed by atoms with Crippen LogP contribution in [0.15, 0.2) is 59.7 Å². The predicted octanol–water partition coefficient (Wildman–Crippen LogP) is 3.75. The number of hydrogen-bond donors (Lipinski definition) is 2. The van der Waals surface area contributed by atoms with E-state index in [4.69, 9.17) is 9.05 Å². The highest BCUT2D eigenvalue weighted by Crippen LogP contribution is 2.51. The number of carbonyl (C=O) groups is 1. The van der Waals surface area contributed by atoms with Gasteiger partial charge in [-0.3, -0.25) is 9.36 Å². The van der Waals surface area contributed by atoms with Crippen LogP contribution in [0, 0.1) is 0 Å². The molecule has 2 N–H and O–H groups in total. The Kier molecular flexibility index (Phi) is 7.09. The summed E-state index contributed by atoms with van der Waals surface area (Å²) in [6, 6.07) is 14.7. The van der Waals surface area contributed by atoms with Crippen LogP contribution in [0.2, 0.25) is 0 Å². The molecule has 0 heterocycles. The largest absolute Gasteiger partial charge is 0.507 e. The van der Waals surface area contributed by atoms with Crippen molar-refractivity contribution in [3.05, 3.63) is 65.7 Å². The number of hydrogen-bond acceptors (Lipinski definition) is 6. The first kappa shape index (κ1) is 19.8. The molecule has 8 heteroatoms. The molecule has 2 aromatic rings. The van der Waals surface area contributed by atoms with E-state index in [9.17, 15) is 14.5 Å². The molecule has 0 saturated heterocycles. The van der Waals surface area contributed by atoms with Crippen LogP contribution in [-0.2, 0) is 13.6 Å². The van der Waals surface area contributed by atoms with E-state index in [1.807, 2.05) is 0 Å². The summed E-state index contributed by atoms with van der Waals surface area (Å²) in [7, 11) is -3.74.